The van der Waals surface area contributed by atoms with Crippen molar-refractivity contribution in [3.8, 4) is 0 Å². The van der Waals surface area contributed by atoms with Gasteiger partial charge in [0.25, 0.3) is 0 Å². The average Bonchev–Trinajstić information content (AvgIpc) is 3.02. The maximum absolute atomic E-state index is 5.80. The summed E-state index contributed by atoms with van der Waals surface area (Å²) in [5.74, 6) is 1.55. The average molecular weight is 308 g/mol. The number of piperidine rings is 1. The second-order valence-electron chi connectivity index (χ2n) is 6.43. The highest BCUT2D eigenvalue weighted by atomic mass is 16.5. The van der Waals surface area contributed by atoms with Crippen LogP contribution in [-0.2, 0) is 17.7 Å². The minimum absolute atomic E-state index is 0.411. The summed E-state index contributed by atoms with van der Waals surface area (Å²) < 4.78 is 11.0. The number of hydrogen-bond donors (Lipinski definition) is 1. The lowest BCUT2D eigenvalue weighted by atomic mass is 10.0. The van der Waals surface area contributed by atoms with E-state index in [-0.39, 0.29) is 0 Å². The zero-order valence-electron chi connectivity index (χ0n) is 13.6. The maximum Gasteiger partial charge on any atom is 0.226 e. The first-order valence-corrected chi connectivity index (χ1v) is 8.72. The molecule has 3 heterocycles. The van der Waals surface area contributed by atoms with E-state index in [1.807, 2.05) is 6.92 Å². The van der Waals surface area contributed by atoms with Crippen molar-refractivity contribution in [3.63, 3.8) is 0 Å². The third kappa shape index (κ3) is 4.51. The molecule has 2 aliphatic rings. The van der Waals surface area contributed by atoms with Crippen molar-refractivity contribution in [2.45, 2.75) is 64.1 Å². The van der Waals surface area contributed by atoms with Gasteiger partial charge in [0.15, 0.2) is 5.82 Å². The molecular weight excluding hydrogens is 280 g/mol. The van der Waals surface area contributed by atoms with Crippen LogP contribution in [-0.4, -0.2) is 53.4 Å². The zero-order valence-corrected chi connectivity index (χ0v) is 13.6. The molecule has 2 saturated heterocycles. The van der Waals surface area contributed by atoms with Gasteiger partial charge >= 0.3 is 0 Å². The summed E-state index contributed by atoms with van der Waals surface area (Å²) in [6, 6.07) is 0.553. The van der Waals surface area contributed by atoms with Crippen molar-refractivity contribution < 1.29 is 9.26 Å². The molecule has 0 amide bonds. The standard InChI is InChI=1S/C16H28N4O2/c1-2-16-18-15(19-22-16)12-20-8-5-6-13(11-20)17-10-14-7-3-4-9-21-14/h13-14,17H,2-12H2,1H3. The minimum Gasteiger partial charge on any atom is -0.377 e. The summed E-state index contributed by atoms with van der Waals surface area (Å²) in [6.07, 6.45) is 7.41. The van der Waals surface area contributed by atoms with E-state index >= 15 is 0 Å². The lowest BCUT2D eigenvalue weighted by Gasteiger charge is -2.33. The monoisotopic (exact) mass is 308 g/mol. The summed E-state index contributed by atoms with van der Waals surface area (Å²) >= 11 is 0. The van der Waals surface area contributed by atoms with Gasteiger partial charge in [-0.1, -0.05) is 12.1 Å². The summed E-state index contributed by atoms with van der Waals surface area (Å²) in [7, 11) is 0. The Labute approximate surface area is 132 Å². The predicted molar refractivity (Wildman–Crippen MR) is 83.6 cm³/mol. The number of nitrogens with zero attached hydrogens (tertiary/aromatic N) is 3. The molecule has 1 N–H and O–H groups in total. The van der Waals surface area contributed by atoms with Crippen LogP contribution in [0, 0.1) is 0 Å². The Bertz CT molecular complexity index is 445. The van der Waals surface area contributed by atoms with Crippen LogP contribution in [0.2, 0.25) is 0 Å². The SMILES string of the molecule is CCc1nc(CN2CCCC(NCC3CCCCO3)C2)no1. The van der Waals surface area contributed by atoms with Gasteiger partial charge in [0, 0.05) is 32.2 Å². The molecule has 2 unspecified atom stereocenters. The van der Waals surface area contributed by atoms with Crippen LogP contribution in [0.25, 0.3) is 0 Å². The molecule has 2 aliphatic heterocycles. The van der Waals surface area contributed by atoms with E-state index < -0.39 is 0 Å². The molecule has 2 atom stereocenters. The fourth-order valence-corrected chi connectivity index (χ4v) is 3.33. The minimum atomic E-state index is 0.411. The summed E-state index contributed by atoms with van der Waals surface area (Å²) in [6.45, 7) is 6.92. The van der Waals surface area contributed by atoms with Crippen LogP contribution >= 0.6 is 0 Å². The normalized spacial score (nSPS) is 27.1. The number of rotatable bonds is 6. The van der Waals surface area contributed by atoms with Crippen LogP contribution in [0.1, 0.15) is 50.7 Å². The summed E-state index contributed by atoms with van der Waals surface area (Å²) in [5, 5.41) is 7.75. The molecule has 1 aromatic heterocycles. The van der Waals surface area contributed by atoms with Crippen LogP contribution in [0.5, 0.6) is 0 Å². The molecule has 0 aromatic carbocycles. The van der Waals surface area contributed by atoms with Gasteiger partial charge in [0.1, 0.15) is 0 Å². The molecule has 0 bridgehead atoms. The number of hydrogen-bond acceptors (Lipinski definition) is 6. The first-order valence-electron chi connectivity index (χ1n) is 8.72. The van der Waals surface area contributed by atoms with Gasteiger partial charge < -0.3 is 14.6 Å². The van der Waals surface area contributed by atoms with Crippen LogP contribution in [0.3, 0.4) is 0 Å². The molecule has 0 radical (unpaired) electrons. The molecule has 6 nitrogen and oxygen atoms in total. The molecule has 6 heteroatoms. The topological polar surface area (TPSA) is 63.4 Å². The van der Waals surface area contributed by atoms with Gasteiger partial charge in [-0.05, 0) is 38.6 Å². The Kier molecular flexibility index (Phi) is 5.81. The second-order valence-corrected chi connectivity index (χ2v) is 6.43. The van der Waals surface area contributed by atoms with Gasteiger partial charge in [-0.2, -0.15) is 4.98 Å². The van der Waals surface area contributed by atoms with E-state index in [0.29, 0.717) is 12.1 Å². The Morgan fingerprint density at radius 1 is 1.27 bits per heavy atom. The Morgan fingerprint density at radius 3 is 3.00 bits per heavy atom. The Balaban J connectivity index is 1.42. The van der Waals surface area contributed by atoms with Crippen molar-refractivity contribution in [3.05, 3.63) is 11.7 Å². The van der Waals surface area contributed by atoms with E-state index in [4.69, 9.17) is 9.26 Å². The van der Waals surface area contributed by atoms with Gasteiger partial charge in [-0.3, -0.25) is 4.90 Å². The highest BCUT2D eigenvalue weighted by molar-refractivity contribution is 4.88. The predicted octanol–water partition coefficient (Wildman–Crippen LogP) is 1.76. The number of likely N-dealkylation sites (tertiary alicyclic amines) is 1. The molecular formula is C16H28N4O2. The van der Waals surface area contributed by atoms with Gasteiger partial charge in [0.05, 0.1) is 12.6 Å². The van der Waals surface area contributed by atoms with Gasteiger partial charge in [-0.15, -0.1) is 0 Å². The van der Waals surface area contributed by atoms with E-state index in [0.717, 1.165) is 50.9 Å². The quantitative estimate of drug-likeness (QED) is 0.864. The second kappa shape index (κ2) is 8.04. The highest BCUT2D eigenvalue weighted by Crippen LogP contribution is 2.15. The van der Waals surface area contributed by atoms with E-state index in [2.05, 4.69) is 20.4 Å². The number of aryl methyl sites for hydroxylation is 1. The highest BCUT2D eigenvalue weighted by Gasteiger charge is 2.22. The van der Waals surface area contributed by atoms with E-state index in [9.17, 15) is 0 Å². The first-order chi connectivity index (χ1) is 10.8. The maximum atomic E-state index is 5.80. The molecule has 3 rings (SSSR count). The number of nitrogens with one attached hydrogen (secondary N) is 1. The molecule has 0 aliphatic carbocycles. The number of ether oxygens (including phenoxy) is 1. The van der Waals surface area contributed by atoms with E-state index in [1.165, 1.54) is 32.1 Å². The van der Waals surface area contributed by atoms with Crippen molar-refractivity contribution in [1.82, 2.24) is 20.4 Å². The Hall–Kier alpha value is -0.980. The molecule has 0 spiro atoms. The smallest absolute Gasteiger partial charge is 0.226 e. The third-order valence-corrected chi connectivity index (χ3v) is 4.59. The molecule has 0 saturated carbocycles. The first kappa shape index (κ1) is 15.9. The zero-order chi connectivity index (χ0) is 15.2. The third-order valence-electron chi connectivity index (χ3n) is 4.59. The van der Waals surface area contributed by atoms with Crippen molar-refractivity contribution >= 4 is 0 Å². The van der Waals surface area contributed by atoms with Gasteiger partial charge in [-0.25, -0.2) is 0 Å². The fraction of sp³-hybridized carbons (Fsp3) is 0.875. The number of aromatic nitrogens is 2. The van der Waals surface area contributed by atoms with Crippen molar-refractivity contribution in [1.29, 1.82) is 0 Å². The van der Waals surface area contributed by atoms with Crippen LogP contribution < -0.4 is 5.32 Å². The van der Waals surface area contributed by atoms with Crippen LogP contribution in [0.4, 0.5) is 0 Å². The van der Waals surface area contributed by atoms with Crippen molar-refractivity contribution in [2.24, 2.45) is 0 Å². The molecule has 124 valence electrons. The summed E-state index contributed by atoms with van der Waals surface area (Å²) in [4.78, 5) is 6.83. The van der Waals surface area contributed by atoms with Gasteiger partial charge in [0.2, 0.25) is 5.89 Å². The lowest BCUT2D eigenvalue weighted by Crippen LogP contribution is -2.47. The molecule has 22 heavy (non-hydrogen) atoms. The summed E-state index contributed by atoms with van der Waals surface area (Å²) in [5.41, 5.74) is 0. The largest absolute Gasteiger partial charge is 0.377 e. The molecule has 2 fully saturated rings. The van der Waals surface area contributed by atoms with Crippen molar-refractivity contribution in [2.75, 3.05) is 26.2 Å². The fourth-order valence-electron chi connectivity index (χ4n) is 3.33. The van der Waals surface area contributed by atoms with E-state index in [1.54, 1.807) is 0 Å². The Morgan fingerprint density at radius 2 is 2.23 bits per heavy atom. The lowest BCUT2D eigenvalue weighted by molar-refractivity contribution is 0.0134. The molecule has 1 aromatic rings. The van der Waals surface area contributed by atoms with Crippen LogP contribution in [0.15, 0.2) is 4.52 Å².